The van der Waals surface area contributed by atoms with Crippen LogP contribution in [-0.4, -0.2) is 22.3 Å². The van der Waals surface area contributed by atoms with Crippen molar-refractivity contribution >= 4 is 5.97 Å². The van der Waals surface area contributed by atoms with Crippen molar-refractivity contribution < 1.29 is 15.0 Å². The van der Waals surface area contributed by atoms with Gasteiger partial charge in [0.15, 0.2) is 0 Å². The van der Waals surface area contributed by atoms with Gasteiger partial charge in [-0.05, 0) is 91.6 Å². The summed E-state index contributed by atoms with van der Waals surface area (Å²) in [5, 5.41) is 19.9. The molecule has 3 nitrogen and oxygen atoms in total. The largest absolute Gasteiger partial charge is 0.478 e. The minimum absolute atomic E-state index is 0.0692. The molecule has 0 amide bonds. The molecule has 0 heterocycles. The molecular formula is C30H44O3. The number of carbonyl (C=O) groups is 1. The van der Waals surface area contributed by atoms with Gasteiger partial charge in [-0.1, -0.05) is 65.0 Å². The highest BCUT2D eigenvalue weighted by Crippen LogP contribution is 2.68. The fraction of sp³-hybridized carbons (Fsp3) is 0.700. The lowest BCUT2D eigenvalue weighted by molar-refractivity contribution is -0.132. The van der Waals surface area contributed by atoms with Gasteiger partial charge in [0, 0.05) is 16.9 Å². The molecule has 0 aromatic rings. The highest BCUT2D eigenvalue weighted by molar-refractivity contribution is 5.85. The van der Waals surface area contributed by atoms with Crippen LogP contribution in [0.1, 0.15) is 86.5 Å². The zero-order valence-electron chi connectivity index (χ0n) is 21.6. The summed E-state index contributed by atoms with van der Waals surface area (Å²) in [4.78, 5) is 11.1. The third-order valence-electron chi connectivity index (χ3n) is 10.5. The first-order valence-electron chi connectivity index (χ1n) is 13.0. The Morgan fingerprint density at radius 3 is 2.52 bits per heavy atom. The summed E-state index contributed by atoms with van der Waals surface area (Å²) >= 11 is 0. The van der Waals surface area contributed by atoms with Crippen molar-refractivity contribution in [2.45, 2.75) is 92.6 Å². The van der Waals surface area contributed by atoms with Gasteiger partial charge in [0.2, 0.25) is 0 Å². The van der Waals surface area contributed by atoms with E-state index in [1.165, 1.54) is 12.0 Å². The lowest BCUT2D eigenvalue weighted by Crippen LogP contribution is -2.52. The zero-order valence-corrected chi connectivity index (χ0v) is 21.6. The quantitative estimate of drug-likeness (QED) is 0.346. The molecule has 0 aromatic heterocycles. The van der Waals surface area contributed by atoms with Crippen LogP contribution in [0.5, 0.6) is 0 Å². The molecular weight excluding hydrogens is 408 g/mol. The van der Waals surface area contributed by atoms with Gasteiger partial charge in [-0.2, -0.15) is 0 Å². The number of carboxylic acid groups (broad SMARTS) is 1. The molecule has 0 spiro atoms. The van der Waals surface area contributed by atoms with Crippen LogP contribution < -0.4 is 0 Å². The van der Waals surface area contributed by atoms with E-state index in [1.54, 1.807) is 18.1 Å². The predicted molar refractivity (Wildman–Crippen MR) is 135 cm³/mol. The first-order chi connectivity index (χ1) is 15.3. The Bertz CT molecular complexity index is 934. The number of rotatable bonds is 5. The van der Waals surface area contributed by atoms with Crippen molar-refractivity contribution in [2.24, 2.45) is 39.9 Å². The summed E-state index contributed by atoms with van der Waals surface area (Å²) in [6, 6.07) is 0. The fourth-order valence-electron chi connectivity index (χ4n) is 8.09. The molecule has 4 rings (SSSR count). The molecule has 4 aliphatic rings. The maximum atomic E-state index is 11.1. The van der Waals surface area contributed by atoms with Crippen molar-refractivity contribution in [3.8, 4) is 0 Å². The molecule has 0 aliphatic heterocycles. The van der Waals surface area contributed by atoms with Crippen molar-refractivity contribution in [2.75, 3.05) is 0 Å². The monoisotopic (exact) mass is 452 g/mol. The summed E-state index contributed by atoms with van der Waals surface area (Å²) in [6.45, 7) is 18.1. The number of aliphatic carboxylic acids is 1. The van der Waals surface area contributed by atoms with Gasteiger partial charge in [-0.15, -0.1) is 0 Å². The van der Waals surface area contributed by atoms with Gasteiger partial charge in [-0.3, -0.25) is 0 Å². The number of carboxylic acids is 1. The van der Waals surface area contributed by atoms with Gasteiger partial charge in [0.05, 0.1) is 6.10 Å². The van der Waals surface area contributed by atoms with E-state index >= 15 is 0 Å². The molecule has 2 fully saturated rings. The van der Waals surface area contributed by atoms with Crippen LogP contribution in [0.2, 0.25) is 0 Å². The molecule has 0 radical (unpaired) electrons. The average Bonchev–Trinajstić information content (AvgIpc) is 3.06. The van der Waals surface area contributed by atoms with E-state index in [0.29, 0.717) is 29.2 Å². The van der Waals surface area contributed by atoms with Crippen LogP contribution >= 0.6 is 0 Å². The third-order valence-corrected chi connectivity index (χ3v) is 10.5. The van der Waals surface area contributed by atoms with E-state index in [9.17, 15) is 9.90 Å². The summed E-state index contributed by atoms with van der Waals surface area (Å²) in [5.74, 6) is 1.04. The smallest absolute Gasteiger partial charge is 0.330 e. The molecule has 33 heavy (non-hydrogen) atoms. The molecule has 3 heteroatoms. The Morgan fingerprint density at radius 1 is 1.18 bits per heavy atom. The number of fused-ring (bicyclic) bond motifs is 5. The van der Waals surface area contributed by atoms with Crippen LogP contribution in [0.4, 0.5) is 0 Å². The number of allylic oxidation sites excluding steroid dienone is 6. The van der Waals surface area contributed by atoms with Crippen LogP contribution in [0, 0.1) is 39.9 Å². The summed E-state index contributed by atoms with van der Waals surface area (Å²) in [7, 11) is 0. The minimum atomic E-state index is -0.820. The molecule has 2 N–H and O–H groups in total. The fourth-order valence-corrected chi connectivity index (χ4v) is 8.09. The van der Waals surface area contributed by atoms with Gasteiger partial charge >= 0.3 is 5.97 Å². The number of hydrogen-bond donors (Lipinski definition) is 2. The zero-order chi connectivity index (χ0) is 24.3. The maximum absolute atomic E-state index is 11.1. The SMILES string of the molecule is C=C1[C@H]2C=C3C(=CC[C@@H]4C(C)(C)[C@@H](O)CC[C@]34C)[C@]2(C)CC[C@@H]1[C@H](C)CC/C=C(/C)C(=O)O. The van der Waals surface area contributed by atoms with Crippen molar-refractivity contribution in [3.63, 3.8) is 0 Å². The maximum Gasteiger partial charge on any atom is 0.330 e. The van der Waals surface area contributed by atoms with Crippen LogP contribution in [-0.2, 0) is 4.79 Å². The van der Waals surface area contributed by atoms with E-state index in [0.717, 1.165) is 38.5 Å². The second-order valence-electron chi connectivity index (χ2n) is 12.6. The van der Waals surface area contributed by atoms with Gasteiger partial charge in [-0.25, -0.2) is 4.79 Å². The lowest BCUT2D eigenvalue weighted by atomic mass is 9.48. The van der Waals surface area contributed by atoms with Crippen LogP contribution in [0.15, 0.2) is 47.1 Å². The topological polar surface area (TPSA) is 57.5 Å². The van der Waals surface area contributed by atoms with Gasteiger partial charge in [0.25, 0.3) is 0 Å². The summed E-state index contributed by atoms with van der Waals surface area (Å²) in [6.07, 6.45) is 13.9. The molecule has 0 bridgehead atoms. The van der Waals surface area contributed by atoms with E-state index in [2.05, 4.69) is 53.3 Å². The molecule has 2 saturated carbocycles. The lowest BCUT2D eigenvalue weighted by Gasteiger charge is -2.57. The van der Waals surface area contributed by atoms with E-state index < -0.39 is 5.97 Å². The predicted octanol–water partition coefficient (Wildman–Crippen LogP) is 7.10. The third kappa shape index (κ3) is 3.70. The molecule has 7 atom stereocenters. The Hall–Kier alpha value is -1.61. The Kier molecular flexibility index (Phi) is 6.13. The number of aliphatic hydroxyl groups excluding tert-OH is 1. The Labute approximate surface area is 200 Å². The molecule has 182 valence electrons. The Morgan fingerprint density at radius 2 is 1.85 bits per heavy atom. The van der Waals surface area contributed by atoms with E-state index in [4.69, 9.17) is 5.11 Å². The molecule has 0 unspecified atom stereocenters. The summed E-state index contributed by atoms with van der Waals surface area (Å²) < 4.78 is 0. The van der Waals surface area contributed by atoms with E-state index in [1.807, 2.05) is 6.08 Å². The summed E-state index contributed by atoms with van der Waals surface area (Å²) in [5.41, 5.74) is 5.17. The van der Waals surface area contributed by atoms with E-state index in [-0.39, 0.29) is 22.3 Å². The van der Waals surface area contributed by atoms with Crippen LogP contribution in [0.25, 0.3) is 0 Å². The molecule has 0 saturated heterocycles. The first-order valence-corrected chi connectivity index (χ1v) is 13.0. The second-order valence-corrected chi connectivity index (χ2v) is 12.6. The minimum Gasteiger partial charge on any atom is -0.478 e. The van der Waals surface area contributed by atoms with Crippen molar-refractivity contribution in [1.82, 2.24) is 0 Å². The highest BCUT2D eigenvalue weighted by Gasteiger charge is 2.59. The Balaban J connectivity index is 1.58. The highest BCUT2D eigenvalue weighted by atomic mass is 16.4. The van der Waals surface area contributed by atoms with Crippen LogP contribution in [0.3, 0.4) is 0 Å². The van der Waals surface area contributed by atoms with Crippen molar-refractivity contribution in [3.05, 3.63) is 47.1 Å². The number of aliphatic hydroxyl groups is 1. The normalized spacial score (nSPS) is 40.8. The van der Waals surface area contributed by atoms with Gasteiger partial charge in [0.1, 0.15) is 0 Å². The standard InChI is InChI=1S/C30H44O3/c1-18(9-8-10-19(2)27(32)33)21-13-15-29(6)22-11-12-25-28(4,5)26(31)14-16-30(25,7)24(22)17-23(29)20(21)3/h10-11,17-18,21,23,25-26,31H,3,8-9,12-16H2,1-2,4-7H3,(H,32,33)/b19-10-/t18-,21-,23-,25-,26+,29+,30-/m1/s1. The average molecular weight is 453 g/mol. The molecule has 4 aliphatic carbocycles. The first kappa shape index (κ1) is 24.5. The second kappa shape index (κ2) is 8.26. The molecule has 0 aromatic carbocycles. The number of hydrogen-bond acceptors (Lipinski definition) is 2. The van der Waals surface area contributed by atoms with Gasteiger partial charge < -0.3 is 10.2 Å². The van der Waals surface area contributed by atoms with Crippen molar-refractivity contribution in [1.29, 1.82) is 0 Å².